The van der Waals surface area contributed by atoms with E-state index in [0.29, 0.717) is 5.69 Å². The molecule has 1 aromatic heterocycles. The summed E-state index contributed by atoms with van der Waals surface area (Å²) in [6.45, 7) is 3.70. The highest BCUT2D eigenvalue weighted by molar-refractivity contribution is 5.68. The van der Waals surface area contributed by atoms with Crippen molar-refractivity contribution in [2.75, 3.05) is 0 Å². The zero-order chi connectivity index (χ0) is 15.8. The molecular formula is C13H16F2N2O4. The first kappa shape index (κ1) is 15.3. The molecule has 0 bridgehead atoms. The van der Waals surface area contributed by atoms with Crippen molar-refractivity contribution < 1.29 is 27.9 Å². The highest BCUT2D eigenvalue weighted by atomic mass is 19.3. The second-order valence-electron chi connectivity index (χ2n) is 5.53. The number of aromatic nitrogens is 1. The lowest BCUT2D eigenvalue weighted by atomic mass is 10.2. The lowest BCUT2D eigenvalue weighted by molar-refractivity contribution is -0.0654. The fraction of sp³-hybridized carbons (Fsp3) is 0.538. The van der Waals surface area contributed by atoms with E-state index >= 15 is 0 Å². The number of hydrogen-bond donors (Lipinski definition) is 0. The molecule has 1 aliphatic heterocycles. The van der Waals surface area contributed by atoms with Gasteiger partial charge >= 0.3 is 12.7 Å². The van der Waals surface area contributed by atoms with Gasteiger partial charge in [0.15, 0.2) is 0 Å². The van der Waals surface area contributed by atoms with Crippen molar-refractivity contribution in [1.82, 2.24) is 10.0 Å². The molecule has 1 amide bonds. The summed E-state index contributed by atoms with van der Waals surface area (Å²) in [5.41, 5.74) is 0.0307. The Kier molecular flexibility index (Phi) is 3.89. The summed E-state index contributed by atoms with van der Waals surface area (Å²) in [5, 5.41) is 0.917. The number of carbonyl (C=O) groups excluding carboxylic acids is 1. The molecule has 0 fully saturated rings. The molecule has 0 aromatic carbocycles. The number of ether oxygens (including phenoxy) is 2. The molecular weight excluding hydrogens is 286 g/mol. The smallest absolute Gasteiger partial charge is 0.442 e. The molecule has 2 heterocycles. The molecule has 0 spiro atoms. The largest absolute Gasteiger partial charge is 0.444 e. The van der Waals surface area contributed by atoms with Crippen LogP contribution in [0.25, 0.3) is 0 Å². The maximum Gasteiger partial charge on any atom is 0.444 e. The second kappa shape index (κ2) is 5.34. The van der Waals surface area contributed by atoms with Crippen LogP contribution in [0.5, 0.6) is 11.6 Å². The molecule has 116 valence electrons. The van der Waals surface area contributed by atoms with Crippen molar-refractivity contribution in [3.05, 3.63) is 17.3 Å². The average molecular weight is 302 g/mol. The molecule has 0 saturated carbocycles. The van der Waals surface area contributed by atoms with Crippen LogP contribution >= 0.6 is 0 Å². The van der Waals surface area contributed by atoms with Crippen LogP contribution in [0.4, 0.5) is 13.6 Å². The second-order valence-corrected chi connectivity index (χ2v) is 5.53. The Morgan fingerprint density at radius 3 is 2.71 bits per heavy atom. The Balaban J connectivity index is 2.20. The Labute approximate surface area is 120 Å². The SMILES string of the molecule is Cc1cc(OC(F)F)c2c(n1)ON(C(=O)OC(C)(C)C)C2. The number of carbonyl (C=O) groups is 1. The maximum atomic E-state index is 12.4. The minimum atomic E-state index is -2.97. The van der Waals surface area contributed by atoms with Crippen LogP contribution in [0.3, 0.4) is 0 Å². The van der Waals surface area contributed by atoms with Gasteiger partial charge in [0.2, 0.25) is 0 Å². The zero-order valence-corrected chi connectivity index (χ0v) is 12.1. The van der Waals surface area contributed by atoms with Gasteiger partial charge in [-0.1, -0.05) is 0 Å². The van der Waals surface area contributed by atoms with Gasteiger partial charge in [0.05, 0.1) is 12.1 Å². The van der Waals surface area contributed by atoms with Crippen LogP contribution in [0, 0.1) is 6.92 Å². The van der Waals surface area contributed by atoms with Crippen LogP contribution < -0.4 is 9.57 Å². The van der Waals surface area contributed by atoms with E-state index in [4.69, 9.17) is 9.57 Å². The number of fused-ring (bicyclic) bond motifs is 1. The van der Waals surface area contributed by atoms with Crippen LogP contribution in [0.1, 0.15) is 32.0 Å². The predicted octanol–water partition coefficient (Wildman–Crippen LogP) is 3.04. The fourth-order valence-corrected chi connectivity index (χ4v) is 1.76. The third-order valence-electron chi connectivity index (χ3n) is 2.49. The molecule has 21 heavy (non-hydrogen) atoms. The lowest BCUT2D eigenvalue weighted by Gasteiger charge is -2.22. The Hall–Kier alpha value is -2.12. The molecule has 0 unspecified atom stereocenters. The lowest BCUT2D eigenvalue weighted by Crippen LogP contribution is -2.35. The summed E-state index contributed by atoms with van der Waals surface area (Å²) in [4.78, 5) is 21.2. The van der Waals surface area contributed by atoms with E-state index in [9.17, 15) is 13.6 Å². The first-order valence-corrected chi connectivity index (χ1v) is 6.29. The third kappa shape index (κ3) is 3.71. The Morgan fingerprint density at radius 1 is 1.48 bits per heavy atom. The number of pyridine rings is 1. The topological polar surface area (TPSA) is 60.9 Å². The van der Waals surface area contributed by atoms with E-state index in [1.165, 1.54) is 6.07 Å². The number of amides is 1. The fourth-order valence-electron chi connectivity index (χ4n) is 1.76. The summed E-state index contributed by atoms with van der Waals surface area (Å²) in [6, 6.07) is 1.37. The minimum absolute atomic E-state index is 0.0569. The standard InChI is InChI=1S/C13H16F2N2O4/c1-7-5-9(19-11(14)15)8-6-17(21-10(8)16-7)12(18)20-13(2,3)4/h5,11H,6H2,1-4H3. The van der Waals surface area contributed by atoms with E-state index in [1.54, 1.807) is 27.7 Å². The summed E-state index contributed by atoms with van der Waals surface area (Å²) in [7, 11) is 0. The average Bonchev–Trinajstić information content (AvgIpc) is 2.69. The van der Waals surface area contributed by atoms with E-state index in [0.717, 1.165) is 5.06 Å². The minimum Gasteiger partial charge on any atom is -0.442 e. The molecule has 1 aromatic rings. The van der Waals surface area contributed by atoms with E-state index in [1.807, 2.05) is 0 Å². The molecule has 0 aliphatic carbocycles. The van der Waals surface area contributed by atoms with Crippen LogP contribution in [-0.4, -0.2) is 28.4 Å². The van der Waals surface area contributed by atoms with Crippen molar-refractivity contribution in [1.29, 1.82) is 0 Å². The molecule has 0 N–H and O–H groups in total. The van der Waals surface area contributed by atoms with Crippen molar-refractivity contribution in [3.63, 3.8) is 0 Å². The third-order valence-corrected chi connectivity index (χ3v) is 2.49. The number of nitrogens with zero attached hydrogens (tertiary/aromatic N) is 2. The van der Waals surface area contributed by atoms with Gasteiger partial charge in [-0.25, -0.2) is 9.78 Å². The van der Waals surface area contributed by atoms with Gasteiger partial charge < -0.3 is 14.3 Å². The number of aryl methyl sites for hydroxylation is 1. The summed E-state index contributed by atoms with van der Waals surface area (Å²) < 4.78 is 34.4. The molecule has 2 rings (SSSR count). The van der Waals surface area contributed by atoms with Crippen molar-refractivity contribution in [3.8, 4) is 11.6 Å². The van der Waals surface area contributed by atoms with Gasteiger partial charge in [0, 0.05) is 11.8 Å². The zero-order valence-electron chi connectivity index (χ0n) is 12.1. The monoisotopic (exact) mass is 302 g/mol. The van der Waals surface area contributed by atoms with Gasteiger partial charge in [-0.3, -0.25) is 0 Å². The Morgan fingerprint density at radius 2 is 2.14 bits per heavy atom. The van der Waals surface area contributed by atoms with Crippen molar-refractivity contribution in [2.45, 2.75) is 46.5 Å². The van der Waals surface area contributed by atoms with Gasteiger partial charge in [-0.15, -0.1) is 5.06 Å². The first-order chi connectivity index (χ1) is 9.65. The van der Waals surface area contributed by atoms with Crippen LogP contribution in [-0.2, 0) is 11.3 Å². The Bertz CT molecular complexity index is 558. The van der Waals surface area contributed by atoms with Crippen molar-refractivity contribution in [2.24, 2.45) is 0 Å². The summed E-state index contributed by atoms with van der Waals surface area (Å²) in [5.74, 6) is 0.00932. The highest BCUT2D eigenvalue weighted by Crippen LogP contribution is 2.35. The predicted molar refractivity (Wildman–Crippen MR) is 68.0 cm³/mol. The highest BCUT2D eigenvalue weighted by Gasteiger charge is 2.33. The number of halogens is 2. The van der Waals surface area contributed by atoms with Crippen LogP contribution in [0.15, 0.2) is 6.07 Å². The van der Waals surface area contributed by atoms with Crippen LogP contribution in [0.2, 0.25) is 0 Å². The quantitative estimate of drug-likeness (QED) is 0.840. The summed E-state index contributed by atoms with van der Waals surface area (Å²) >= 11 is 0. The molecule has 1 aliphatic rings. The normalized spacial score (nSPS) is 14.0. The van der Waals surface area contributed by atoms with Gasteiger partial charge in [-0.2, -0.15) is 8.78 Å². The van der Waals surface area contributed by atoms with Gasteiger partial charge in [-0.05, 0) is 27.7 Å². The molecule has 8 heteroatoms. The van der Waals surface area contributed by atoms with Gasteiger partial charge in [0.1, 0.15) is 11.4 Å². The molecule has 0 radical (unpaired) electrons. The van der Waals surface area contributed by atoms with E-state index in [-0.39, 0.29) is 23.7 Å². The maximum absolute atomic E-state index is 12.4. The molecule has 6 nitrogen and oxygen atoms in total. The number of alkyl halides is 2. The number of hydrogen-bond acceptors (Lipinski definition) is 5. The molecule has 0 atom stereocenters. The number of rotatable bonds is 2. The number of hydroxylamine groups is 2. The van der Waals surface area contributed by atoms with E-state index < -0.39 is 18.3 Å². The summed E-state index contributed by atoms with van der Waals surface area (Å²) in [6.07, 6.45) is -0.721. The molecule has 0 saturated heterocycles. The van der Waals surface area contributed by atoms with Crippen molar-refractivity contribution >= 4 is 6.09 Å². The first-order valence-electron chi connectivity index (χ1n) is 6.29. The van der Waals surface area contributed by atoms with Gasteiger partial charge in [0.25, 0.3) is 5.88 Å². The van der Waals surface area contributed by atoms with E-state index in [2.05, 4.69) is 9.72 Å².